The Hall–Kier alpha value is -1.49. The van der Waals surface area contributed by atoms with Crippen LogP contribution in [-0.2, 0) is 0 Å². The van der Waals surface area contributed by atoms with Gasteiger partial charge >= 0.3 is 0 Å². The number of halogens is 1. The minimum atomic E-state index is -0.622. The number of carbonyl (C=O) groups excluding carboxylic acids is 1. The number of carbonyl (C=O) groups is 1. The molecule has 0 radical (unpaired) electrons. The van der Waals surface area contributed by atoms with E-state index in [1.54, 1.807) is 6.07 Å². The smallest absolute Gasteiger partial charge is 0.251 e. The second-order valence-electron chi connectivity index (χ2n) is 7.43. The molecule has 4 aliphatic carbocycles. The van der Waals surface area contributed by atoms with Gasteiger partial charge in [-0.05, 0) is 56.4 Å². The van der Waals surface area contributed by atoms with Crippen LogP contribution in [0, 0.1) is 17.8 Å². The zero-order valence-corrected chi connectivity index (χ0v) is 11.9. The maximum Gasteiger partial charge on any atom is 0.251 e. The molecule has 2 unspecified atom stereocenters. The third-order valence-electron chi connectivity index (χ3n) is 5.47. The van der Waals surface area contributed by atoms with Gasteiger partial charge in [-0.1, -0.05) is 0 Å². The van der Waals surface area contributed by atoms with Gasteiger partial charge in [-0.15, -0.1) is 0 Å². The van der Waals surface area contributed by atoms with Crippen molar-refractivity contribution in [3.63, 3.8) is 0 Å². The van der Waals surface area contributed by atoms with Gasteiger partial charge < -0.3 is 11.1 Å². The average molecular weight is 289 g/mol. The highest BCUT2D eigenvalue weighted by Gasteiger charge is 2.56. The van der Waals surface area contributed by atoms with Crippen LogP contribution in [0.25, 0.3) is 0 Å². The zero-order valence-electron chi connectivity index (χ0n) is 11.9. The maximum absolute atomic E-state index is 13.2. The van der Waals surface area contributed by atoms with Crippen molar-refractivity contribution in [3.8, 4) is 0 Å². The van der Waals surface area contributed by atoms with Crippen LogP contribution in [0.5, 0.6) is 0 Å². The van der Waals surface area contributed by atoms with Crippen molar-refractivity contribution >= 4 is 5.91 Å². The van der Waals surface area contributed by atoms with Gasteiger partial charge in [0.05, 0.1) is 0 Å². The summed E-state index contributed by atoms with van der Waals surface area (Å²) in [6, 6.07) is 2.74. The lowest BCUT2D eigenvalue weighted by Gasteiger charge is -2.61. The lowest BCUT2D eigenvalue weighted by atomic mass is 9.50. The first-order chi connectivity index (χ1) is 9.95. The fourth-order valence-corrected chi connectivity index (χ4v) is 5.34. The number of pyridine rings is 1. The van der Waals surface area contributed by atoms with Gasteiger partial charge in [0.1, 0.15) is 0 Å². The lowest BCUT2D eigenvalue weighted by molar-refractivity contribution is -0.0321. The molecule has 2 atom stereocenters. The van der Waals surface area contributed by atoms with E-state index in [9.17, 15) is 9.18 Å². The molecule has 5 rings (SSSR count). The average Bonchev–Trinajstić information content (AvgIpc) is 2.34. The van der Waals surface area contributed by atoms with Crippen molar-refractivity contribution in [1.82, 2.24) is 10.3 Å². The first-order valence-corrected chi connectivity index (χ1v) is 7.68. The van der Waals surface area contributed by atoms with Gasteiger partial charge in [0.25, 0.3) is 5.91 Å². The molecule has 4 aliphatic rings. The minimum Gasteiger partial charge on any atom is -0.347 e. The SMILES string of the molecule is NC12CC3CC(C1)CC(NC(=O)c1ccnc(F)c1)(C3)C2. The number of hydrogen-bond donors (Lipinski definition) is 2. The number of aromatic nitrogens is 1. The monoisotopic (exact) mass is 289 g/mol. The number of nitrogens with one attached hydrogen (secondary N) is 1. The Bertz CT molecular complexity index is 589. The van der Waals surface area contributed by atoms with E-state index in [0.29, 0.717) is 17.4 Å². The van der Waals surface area contributed by atoms with Crippen LogP contribution in [0.3, 0.4) is 0 Å². The lowest BCUT2D eigenvalue weighted by Crippen LogP contribution is -2.68. The highest BCUT2D eigenvalue weighted by Crippen LogP contribution is 2.56. The molecule has 5 heteroatoms. The van der Waals surface area contributed by atoms with Gasteiger partial charge in [0, 0.05) is 28.9 Å². The van der Waals surface area contributed by atoms with E-state index in [4.69, 9.17) is 5.73 Å². The predicted molar refractivity (Wildman–Crippen MR) is 76.0 cm³/mol. The Morgan fingerprint density at radius 2 is 2.05 bits per heavy atom. The van der Waals surface area contributed by atoms with E-state index < -0.39 is 5.95 Å². The highest BCUT2D eigenvalue weighted by molar-refractivity contribution is 5.94. The molecule has 1 aromatic heterocycles. The highest BCUT2D eigenvalue weighted by atomic mass is 19.1. The van der Waals surface area contributed by atoms with Crippen molar-refractivity contribution in [2.24, 2.45) is 17.6 Å². The Morgan fingerprint density at radius 1 is 1.33 bits per heavy atom. The molecule has 1 heterocycles. The van der Waals surface area contributed by atoms with Crippen molar-refractivity contribution in [2.45, 2.75) is 49.6 Å². The number of rotatable bonds is 2. The molecule has 21 heavy (non-hydrogen) atoms. The fourth-order valence-electron chi connectivity index (χ4n) is 5.34. The molecular weight excluding hydrogens is 269 g/mol. The van der Waals surface area contributed by atoms with Crippen LogP contribution in [-0.4, -0.2) is 22.0 Å². The summed E-state index contributed by atoms with van der Waals surface area (Å²) in [7, 11) is 0. The first-order valence-electron chi connectivity index (χ1n) is 7.68. The van der Waals surface area contributed by atoms with Gasteiger partial charge in [-0.2, -0.15) is 4.39 Å². The number of hydrogen-bond acceptors (Lipinski definition) is 3. The fraction of sp³-hybridized carbons (Fsp3) is 0.625. The molecule has 112 valence electrons. The number of amides is 1. The van der Waals surface area contributed by atoms with E-state index in [-0.39, 0.29) is 17.0 Å². The van der Waals surface area contributed by atoms with Gasteiger partial charge in [-0.25, -0.2) is 4.98 Å². The van der Waals surface area contributed by atoms with E-state index in [1.807, 2.05) is 0 Å². The van der Waals surface area contributed by atoms with E-state index >= 15 is 0 Å². The molecule has 0 saturated heterocycles. The maximum atomic E-state index is 13.2. The van der Waals surface area contributed by atoms with E-state index in [1.165, 1.54) is 18.7 Å². The summed E-state index contributed by atoms with van der Waals surface area (Å²) in [5, 5.41) is 3.18. The minimum absolute atomic E-state index is 0.110. The van der Waals surface area contributed by atoms with Gasteiger partial charge in [0.2, 0.25) is 5.95 Å². The Labute approximate surface area is 123 Å². The molecule has 1 aromatic rings. The molecule has 0 aromatic carbocycles. The van der Waals surface area contributed by atoms with E-state index in [0.717, 1.165) is 32.1 Å². The van der Waals surface area contributed by atoms with Crippen molar-refractivity contribution in [1.29, 1.82) is 0 Å². The van der Waals surface area contributed by atoms with Crippen molar-refractivity contribution < 1.29 is 9.18 Å². The molecule has 4 fully saturated rings. The Kier molecular flexibility index (Phi) is 2.67. The Morgan fingerprint density at radius 3 is 2.67 bits per heavy atom. The molecule has 3 N–H and O–H groups in total. The summed E-state index contributed by atoms with van der Waals surface area (Å²) in [4.78, 5) is 15.9. The van der Waals surface area contributed by atoms with Crippen LogP contribution < -0.4 is 11.1 Å². The van der Waals surface area contributed by atoms with Crippen LogP contribution in [0.4, 0.5) is 4.39 Å². The molecule has 0 spiro atoms. The molecule has 4 bridgehead atoms. The zero-order chi connectivity index (χ0) is 14.7. The van der Waals surface area contributed by atoms with Crippen molar-refractivity contribution in [2.75, 3.05) is 0 Å². The third kappa shape index (κ3) is 2.24. The van der Waals surface area contributed by atoms with Crippen LogP contribution >= 0.6 is 0 Å². The topological polar surface area (TPSA) is 68.0 Å². The van der Waals surface area contributed by atoms with Crippen molar-refractivity contribution in [3.05, 3.63) is 29.8 Å². The molecule has 1 amide bonds. The van der Waals surface area contributed by atoms with Crippen LogP contribution in [0.2, 0.25) is 0 Å². The standard InChI is InChI=1S/C16H20FN3O/c17-13-4-12(1-2-19-13)14(21)20-16-7-10-3-11(8-16)6-15(18,5-10)9-16/h1-2,4,10-11H,3,5-9,18H2,(H,20,21). The summed E-state index contributed by atoms with van der Waals surface area (Å²) in [6.07, 6.45) is 7.64. The molecular formula is C16H20FN3O. The van der Waals surface area contributed by atoms with E-state index in [2.05, 4.69) is 10.3 Å². The quantitative estimate of drug-likeness (QED) is 0.818. The summed E-state index contributed by atoms with van der Waals surface area (Å²) in [5.41, 5.74) is 6.57. The van der Waals surface area contributed by atoms with Crippen LogP contribution in [0.15, 0.2) is 18.3 Å². The number of nitrogens with two attached hydrogens (primary N) is 1. The third-order valence-corrected chi connectivity index (χ3v) is 5.47. The second kappa shape index (κ2) is 4.26. The first kappa shape index (κ1) is 13.2. The van der Waals surface area contributed by atoms with Gasteiger partial charge in [-0.3, -0.25) is 4.79 Å². The summed E-state index contributed by atoms with van der Waals surface area (Å²) in [6.45, 7) is 0. The van der Waals surface area contributed by atoms with Gasteiger partial charge in [0.15, 0.2) is 0 Å². The van der Waals surface area contributed by atoms with Crippen LogP contribution in [0.1, 0.15) is 48.9 Å². The Balaban J connectivity index is 1.58. The summed E-state index contributed by atoms with van der Waals surface area (Å²) in [5.74, 6) is 0.432. The predicted octanol–water partition coefficient (Wildman–Crippen LogP) is 2.00. The molecule has 4 nitrogen and oxygen atoms in total. The largest absolute Gasteiger partial charge is 0.347 e. The second-order valence-corrected chi connectivity index (χ2v) is 7.43. The summed E-state index contributed by atoms with van der Waals surface area (Å²) < 4.78 is 13.2. The molecule has 0 aliphatic heterocycles. The molecule has 4 saturated carbocycles. The summed E-state index contributed by atoms with van der Waals surface area (Å²) >= 11 is 0. The normalized spacial score (nSPS) is 40.3. The number of nitrogens with zero attached hydrogens (tertiary/aromatic N) is 1.